The van der Waals surface area contributed by atoms with Gasteiger partial charge in [0, 0.05) is 12.1 Å². The molecule has 5 nitrogen and oxygen atoms in total. The van der Waals surface area contributed by atoms with Crippen molar-refractivity contribution in [3.8, 4) is 10.6 Å². The zero-order valence-corrected chi connectivity index (χ0v) is 14.0. The van der Waals surface area contributed by atoms with Crippen molar-refractivity contribution in [2.24, 2.45) is 0 Å². The zero-order valence-electron chi connectivity index (χ0n) is 12.3. The van der Waals surface area contributed by atoms with Crippen LogP contribution in [0.4, 0.5) is 5.69 Å². The molecule has 0 N–H and O–H groups in total. The molecule has 1 aliphatic heterocycles. The summed E-state index contributed by atoms with van der Waals surface area (Å²) in [6.45, 7) is 1.93. The number of benzene rings is 1. The number of hydrogen-bond donors (Lipinski definition) is 0. The summed E-state index contributed by atoms with van der Waals surface area (Å²) in [5, 5.41) is 3.66. The molecule has 0 amide bonds. The molecule has 1 unspecified atom stereocenters. The van der Waals surface area contributed by atoms with Crippen molar-refractivity contribution in [2.45, 2.75) is 23.6 Å². The van der Waals surface area contributed by atoms with Gasteiger partial charge < -0.3 is 4.52 Å². The van der Waals surface area contributed by atoms with E-state index in [4.69, 9.17) is 4.52 Å². The van der Waals surface area contributed by atoms with Crippen molar-refractivity contribution in [3.63, 3.8) is 0 Å². The zero-order chi connectivity index (χ0) is 16.0. The van der Waals surface area contributed by atoms with Crippen molar-refractivity contribution < 1.29 is 12.9 Å². The number of anilines is 1. The quantitative estimate of drug-likeness (QED) is 0.728. The van der Waals surface area contributed by atoms with Crippen LogP contribution in [0.2, 0.25) is 0 Å². The van der Waals surface area contributed by atoms with Gasteiger partial charge in [-0.15, -0.1) is 11.3 Å². The van der Waals surface area contributed by atoms with Gasteiger partial charge in [-0.2, -0.15) is 0 Å². The van der Waals surface area contributed by atoms with Gasteiger partial charge >= 0.3 is 0 Å². The Balaban J connectivity index is 1.77. The number of fused-ring (bicyclic) bond motifs is 1. The van der Waals surface area contributed by atoms with Crippen LogP contribution in [-0.4, -0.2) is 19.6 Å². The first-order valence-electron chi connectivity index (χ1n) is 7.20. The lowest BCUT2D eigenvalue weighted by molar-refractivity contribution is 0.433. The normalized spacial score (nSPS) is 17.4. The summed E-state index contributed by atoms with van der Waals surface area (Å²) in [4.78, 5) is 0.751. The van der Waals surface area contributed by atoms with E-state index in [0.717, 1.165) is 22.5 Å². The Kier molecular flexibility index (Phi) is 3.28. The minimum Gasteiger partial charge on any atom is -0.355 e. The summed E-state index contributed by atoms with van der Waals surface area (Å²) in [5.41, 5.74) is 1.84. The molecule has 23 heavy (non-hydrogen) atoms. The van der Waals surface area contributed by atoms with Gasteiger partial charge in [-0.05, 0) is 37.1 Å². The van der Waals surface area contributed by atoms with Gasteiger partial charge in [0.15, 0.2) is 5.76 Å². The third-order valence-corrected chi connectivity index (χ3v) is 7.42. The van der Waals surface area contributed by atoms with E-state index < -0.39 is 10.0 Å². The Labute approximate surface area is 138 Å². The SMILES string of the molecule is CC1Cc2ccccc2N1S(=O)(=O)c1ccc(-c2ccno2)s1. The van der Waals surface area contributed by atoms with E-state index in [1.165, 1.54) is 15.6 Å². The largest absolute Gasteiger partial charge is 0.355 e. The van der Waals surface area contributed by atoms with Crippen molar-refractivity contribution >= 4 is 27.0 Å². The molecule has 3 heterocycles. The third-order valence-electron chi connectivity index (χ3n) is 3.92. The summed E-state index contributed by atoms with van der Waals surface area (Å²) in [7, 11) is -3.58. The van der Waals surface area contributed by atoms with Crippen molar-refractivity contribution in [1.29, 1.82) is 0 Å². The summed E-state index contributed by atoms with van der Waals surface area (Å²) < 4.78 is 33.1. The Morgan fingerprint density at radius 2 is 2.04 bits per heavy atom. The molecule has 0 radical (unpaired) electrons. The maximum atomic E-state index is 13.1. The highest BCUT2D eigenvalue weighted by Crippen LogP contribution is 2.39. The maximum absolute atomic E-state index is 13.1. The number of sulfonamides is 1. The average molecular weight is 346 g/mol. The predicted molar refractivity (Wildman–Crippen MR) is 89.1 cm³/mol. The van der Waals surface area contributed by atoms with Crippen molar-refractivity contribution in [2.75, 3.05) is 4.31 Å². The Hall–Kier alpha value is -2.12. The van der Waals surface area contributed by atoms with Gasteiger partial charge in [0.1, 0.15) is 4.21 Å². The molecular formula is C16H14N2O3S2. The summed E-state index contributed by atoms with van der Waals surface area (Å²) in [6.07, 6.45) is 2.28. The van der Waals surface area contributed by atoms with E-state index in [1.54, 1.807) is 24.4 Å². The lowest BCUT2D eigenvalue weighted by Gasteiger charge is -2.23. The highest BCUT2D eigenvalue weighted by atomic mass is 32.2. The molecule has 0 saturated carbocycles. The van der Waals surface area contributed by atoms with Crippen LogP contribution in [-0.2, 0) is 16.4 Å². The minimum absolute atomic E-state index is 0.0896. The molecule has 0 fully saturated rings. The molecule has 0 bridgehead atoms. The Bertz CT molecular complexity index is 945. The molecule has 1 aliphatic rings. The van der Waals surface area contributed by atoms with E-state index in [9.17, 15) is 8.42 Å². The number of nitrogens with zero attached hydrogens (tertiary/aromatic N) is 2. The molecular weight excluding hydrogens is 332 g/mol. The summed E-state index contributed by atoms with van der Waals surface area (Å²) in [5.74, 6) is 0.575. The molecule has 4 rings (SSSR count). The standard InChI is InChI=1S/C16H14N2O3S2/c1-11-10-12-4-2-3-5-13(12)18(11)23(19,20)16-7-6-15(22-16)14-8-9-17-21-14/h2-9,11H,10H2,1H3. The fourth-order valence-electron chi connectivity index (χ4n) is 2.93. The van der Waals surface area contributed by atoms with E-state index in [-0.39, 0.29) is 6.04 Å². The topological polar surface area (TPSA) is 63.4 Å². The van der Waals surface area contributed by atoms with Crippen LogP contribution in [0.5, 0.6) is 0 Å². The van der Waals surface area contributed by atoms with Crippen LogP contribution in [0.3, 0.4) is 0 Å². The second kappa shape index (κ2) is 5.21. The van der Waals surface area contributed by atoms with Crippen LogP contribution in [0.15, 0.2) is 57.4 Å². The molecule has 2 aromatic heterocycles. The van der Waals surface area contributed by atoms with Gasteiger partial charge in [-0.1, -0.05) is 23.4 Å². The van der Waals surface area contributed by atoms with Crippen molar-refractivity contribution in [1.82, 2.24) is 5.16 Å². The molecule has 3 aromatic rings. The lowest BCUT2D eigenvalue weighted by Crippen LogP contribution is -2.35. The fraction of sp³-hybridized carbons (Fsp3) is 0.188. The third kappa shape index (κ3) is 2.27. The predicted octanol–water partition coefficient (Wildman–Crippen LogP) is 3.54. The highest BCUT2D eigenvalue weighted by Gasteiger charge is 2.36. The van der Waals surface area contributed by atoms with Gasteiger partial charge in [-0.3, -0.25) is 4.31 Å². The lowest BCUT2D eigenvalue weighted by atomic mass is 10.1. The number of para-hydroxylation sites is 1. The molecule has 0 saturated heterocycles. The van der Waals surface area contributed by atoms with Crippen molar-refractivity contribution in [3.05, 3.63) is 54.2 Å². The first-order chi connectivity index (χ1) is 11.1. The molecule has 0 aliphatic carbocycles. The van der Waals surface area contributed by atoms with E-state index >= 15 is 0 Å². The Morgan fingerprint density at radius 1 is 1.22 bits per heavy atom. The van der Waals surface area contributed by atoms with Gasteiger partial charge in [-0.25, -0.2) is 8.42 Å². The summed E-state index contributed by atoms with van der Waals surface area (Å²) in [6, 6.07) is 12.7. The molecule has 7 heteroatoms. The second-order valence-electron chi connectivity index (χ2n) is 5.48. The molecule has 1 aromatic carbocycles. The van der Waals surface area contributed by atoms with E-state index in [1.807, 2.05) is 31.2 Å². The van der Waals surface area contributed by atoms with Crippen LogP contribution in [0.1, 0.15) is 12.5 Å². The molecule has 1 atom stereocenters. The molecule has 118 valence electrons. The number of thiophene rings is 1. The minimum atomic E-state index is -3.58. The second-order valence-corrected chi connectivity index (χ2v) is 8.60. The van der Waals surface area contributed by atoms with E-state index in [2.05, 4.69) is 5.16 Å². The highest BCUT2D eigenvalue weighted by molar-refractivity contribution is 7.94. The molecule has 0 spiro atoms. The number of rotatable bonds is 3. The van der Waals surface area contributed by atoms with Crippen LogP contribution in [0.25, 0.3) is 10.6 Å². The Morgan fingerprint density at radius 3 is 2.83 bits per heavy atom. The summed E-state index contributed by atoms with van der Waals surface area (Å²) >= 11 is 1.20. The number of aromatic nitrogens is 1. The smallest absolute Gasteiger partial charge is 0.274 e. The van der Waals surface area contributed by atoms with Gasteiger partial charge in [0.2, 0.25) is 0 Å². The monoisotopic (exact) mass is 346 g/mol. The first kappa shape index (κ1) is 14.5. The number of hydrogen-bond acceptors (Lipinski definition) is 5. The average Bonchev–Trinajstić information content (AvgIpc) is 3.25. The fourth-order valence-corrected chi connectivity index (χ4v) is 5.98. The van der Waals surface area contributed by atoms with E-state index in [0.29, 0.717) is 9.97 Å². The van der Waals surface area contributed by atoms with Crippen LogP contribution < -0.4 is 4.31 Å². The maximum Gasteiger partial charge on any atom is 0.274 e. The van der Waals surface area contributed by atoms with Gasteiger partial charge in [0.25, 0.3) is 10.0 Å². The van der Waals surface area contributed by atoms with Gasteiger partial charge in [0.05, 0.1) is 16.8 Å². The first-order valence-corrected chi connectivity index (χ1v) is 9.46. The van der Waals surface area contributed by atoms with Crippen LogP contribution >= 0.6 is 11.3 Å². The van der Waals surface area contributed by atoms with Crippen LogP contribution in [0, 0.1) is 0 Å².